The van der Waals surface area contributed by atoms with Gasteiger partial charge in [0.25, 0.3) is 0 Å². The van der Waals surface area contributed by atoms with Crippen molar-refractivity contribution in [1.29, 1.82) is 5.41 Å². The number of likely N-dealkylation sites (N-methyl/N-ethyl adjacent to an activating group) is 1. The summed E-state index contributed by atoms with van der Waals surface area (Å²) in [5.41, 5.74) is 6.59. The molecule has 106 valence electrons. The molecule has 0 saturated carbocycles. The summed E-state index contributed by atoms with van der Waals surface area (Å²) in [7, 11) is 0. The van der Waals surface area contributed by atoms with Crippen LogP contribution in [0.2, 0.25) is 0 Å². The van der Waals surface area contributed by atoms with Gasteiger partial charge in [-0.25, -0.2) is 0 Å². The van der Waals surface area contributed by atoms with Crippen LogP contribution in [0.5, 0.6) is 0 Å². The van der Waals surface area contributed by atoms with E-state index in [0.29, 0.717) is 6.54 Å². The van der Waals surface area contributed by atoms with E-state index in [2.05, 4.69) is 4.90 Å². The molecule has 0 radical (unpaired) electrons. The third-order valence-electron chi connectivity index (χ3n) is 2.79. The van der Waals surface area contributed by atoms with Gasteiger partial charge in [0.15, 0.2) is 0 Å². The molecule has 0 saturated heterocycles. The van der Waals surface area contributed by atoms with Gasteiger partial charge in [0.2, 0.25) is 0 Å². The van der Waals surface area contributed by atoms with Crippen LogP contribution in [-0.4, -0.2) is 35.9 Å². The summed E-state index contributed by atoms with van der Waals surface area (Å²) >= 11 is 1.57. The van der Waals surface area contributed by atoms with Crippen molar-refractivity contribution in [1.82, 2.24) is 0 Å². The Morgan fingerprint density at radius 3 is 2.53 bits per heavy atom. The Morgan fingerprint density at radius 2 is 2.11 bits per heavy atom. The van der Waals surface area contributed by atoms with Crippen LogP contribution in [0.4, 0.5) is 5.69 Å². The van der Waals surface area contributed by atoms with Crippen LogP contribution in [0, 0.1) is 5.41 Å². The Balaban J connectivity index is 3.27. The number of nitrogens with zero attached hydrogens (tertiary/aromatic N) is 1. The number of benzene rings is 1. The molecule has 4 N–H and O–H groups in total. The minimum atomic E-state index is -0.792. The number of aliphatic hydroxyl groups is 1. The fraction of sp³-hybridized carbons (Fsp3) is 0.500. The van der Waals surface area contributed by atoms with Crippen LogP contribution in [-0.2, 0) is 0 Å². The van der Waals surface area contributed by atoms with E-state index in [1.807, 2.05) is 31.4 Å². The molecule has 0 unspecified atom stereocenters. The number of thioether (sulfide) groups is 1. The van der Waals surface area contributed by atoms with Crippen molar-refractivity contribution in [2.24, 2.45) is 5.73 Å². The van der Waals surface area contributed by atoms with Crippen LogP contribution in [0.1, 0.15) is 26.3 Å². The van der Waals surface area contributed by atoms with Crippen molar-refractivity contribution >= 4 is 23.3 Å². The van der Waals surface area contributed by atoms with Crippen molar-refractivity contribution in [3.8, 4) is 0 Å². The zero-order chi connectivity index (χ0) is 14.6. The summed E-state index contributed by atoms with van der Waals surface area (Å²) in [6.45, 7) is 6.84. The molecule has 0 bridgehead atoms. The molecule has 0 aromatic heterocycles. The van der Waals surface area contributed by atoms with E-state index in [-0.39, 0.29) is 5.84 Å². The summed E-state index contributed by atoms with van der Waals surface area (Å²) in [6.07, 6.45) is 1.97. The zero-order valence-corrected chi connectivity index (χ0v) is 12.8. The van der Waals surface area contributed by atoms with Gasteiger partial charge < -0.3 is 15.7 Å². The minimum Gasteiger partial charge on any atom is -0.389 e. The normalized spacial score (nSPS) is 11.4. The van der Waals surface area contributed by atoms with E-state index >= 15 is 0 Å². The molecule has 5 heteroatoms. The molecular formula is C14H23N3OS. The fourth-order valence-corrected chi connectivity index (χ4v) is 2.69. The van der Waals surface area contributed by atoms with Crippen LogP contribution in [0.25, 0.3) is 0 Å². The summed E-state index contributed by atoms with van der Waals surface area (Å²) in [5.74, 6) is 0.0640. The number of amidine groups is 1. The molecule has 1 aromatic carbocycles. The highest BCUT2D eigenvalue weighted by Crippen LogP contribution is 2.30. The predicted octanol–water partition coefficient (Wildman–Crippen LogP) is 2.29. The lowest BCUT2D eigenvalue weighted by Crippen LogP contribution is -2.39. The van der Waals surface area contributed by atoms with E-state index in [1.165, 1.54) is 0 Å². The highest BCUT2D eigenvalue weighted by atomic mass is 32.2. The summed E-state index contributed by atoms with van der Waals surface area (Å²) in [6, 6.07) is 5.87. The lowest BCUT2D eigenvalue weighted by atomic mass is 10.1. The number of anilines is 1. The SMILES string of the molecule is CCN(CC(C)(C)O)c1cccc(SC)c1C(=N)N. The van der Waals surface area contributed by atoms with Gasteiger partial charge in [-0.3, -0.25) is 5.41 Å². The van der Waals surface area contributed by atoms with Crippen molar-refractivity contribution in [3.05, 3.63) is 23.8 Å². The molecular weight excluding hydrogens is 258 g/mol. The zero-order valence-electron chi connectivity index (χ0n) is 12.0. The van der Waals surface area contributed by atoms with E-state index in [1.54, 1.807) is 25.6 Å². The molecule has 1 aromatic rings. The van der Waals surface area contributed by atoms with Crippen LogP contribution >= 0.6 is 11.8 Å². The Morgan fingerprint density at radius 1 is 1.47 bits per heavy atom. The monoisotopic (exact) mass is 281 g/mol. The van der Waals surface area contributed by atoms with Gasteiger partial charge in [0.05, 0.1) is 11.2 Å². The highest BCUT2D eigenvalue weighted by Gasteiger charge is 2.21. The van der Waals surface area contributed by atoms with Gasteiger partial charge in [-0.05, 0) is 39.2 Å². The second-order valence-electron chi connectivity index (χ2n) is 5.09. The molecule has 0 heterocycles. The number of nitrogens with one attached hydrogen (secondary N) is 1. The number of rotatable bonds is 6. The number of nitrogens with two attached hydrogens (primary N) is 1. The van der Waals surface area contributed by atoms with E-state index in [0.717, 1.165) is 22.7 Å². The van der Waals surface area contributed by atoms with Crippen LogP contribution < -0.4 is 10.6 Å². The summed E-state index contributed by atoms with van der Waals surface area (Å²) in [5, 5.41) is 17.8. The Bertz CT molecular complexity index is 454. The predicted molar refractivity (Wildman–Crippen MR) is 83.4 cm³/mol. The number of hydrogen-bond acceptors (Lipinski definition) is 4. The lowest BCUT2D eigenvalue weighted by Gasteiger charge is -2.31. The molecule has 0 amide bonds. The first-order valence-corrected chi connectivity index (χ1v) is 7.51. The van der Waals surface area contributed by atoms with Crippen molar-refractivity contribution in [3.63, 3.8) is 0 Å². The van der Waals surface area contributed by atoms with Gasteiger partial charge in [-0.2, -0.15) is 0 Å². The molecule has 0 spiro atoms. The molecule has 1 rings (SSSR count). The summed E-state index contributed by atoms with van der Waals surface area (Å²) in [4.78, 5) is 3.04. The van der Waals surface area contributed by atoms with E-state index < -0.39 is 5.60 Å². The topological polar surface area (TPSA) is 73.3 Å². The largest absolute Gasteiger partial charge is 0.389 e. The maximum Gasteiger partial charge on any atom is 0.126 e. The molecule has 0 fully saturated rings. The van der Waals surface area contributed by atoms with Gasteiger partial charge in [-0.15, -0.1) is 11.8 Å². The quantitative estimate of drug-likeness (QED) is 0.425. The molecule has 4 nitrogen and oxygen atoms in total. The maximum atomic E-state index is 10.0. The van der Waals surface area contributed by atoms with Gasteiger partial charge in [-0.1, -0.05) is 6.07 Å². The minimum absolute atomic E-state index is 0.0640. The first-order chi connectivity index (χ1) is 8.80. The molecule has 0 aliphatic rings. The van der Waals surface area contributed by atoms with Gasteiger partial charge >= 0.3 is 0 Å². The molecule has 0 aliphatic carbocycles. The first kappa shape index (κ1) is 15.9. The standard InChI is InChI=1S/C14H23N3OS/c1-5-17(9-14(2,3)18)10-7-6-8-11(19-4)12(10)13(15)16/h6-8,18H,5,9H2,1-4H3,(H3,15,16). The molecule has 0 aliphatic heterocycles. The van der Waals surface area contributed by atoms with Crippen LogP contribution in [0.15, 0.2) is 23.1 Å². The first-order valence-electron chi connectivity index (χ1n) is 6.29. The van der Waals surface area contributed by atoms with Crippen molar-refractivity contribution in [2.75, 3.05) is 24.2 Å². The maximum absolute atomic E-state index is 10.0. The van der Waals surface area contributed by atoms with Gasteiger partial charge in [0, 0.05) is 23.7 Å². The number of nitrogen functional groups attached to an aromatic ring is 1. The Hall–Kier alpha value is -1.20. The van der Waals surface area contributed by atoms with Gasteiger partial charge in [0.1, 0.15) is 5.84 Å². The van der Waals surface area contributed by atoms with Crippen molar-refractivity contribution < 1.29 is 5.11 Å². The number of hydrogen-bond donors (Lipinski definition) is 3. The Labute approximate surface area is 119 Å². The average molecular weight is 281 g/mol. The van der Waals surface area contributed by atoms with E-state index in [4.69, 9.17) is 11.1 Å². The summed E-state index contributed by atoms with van der Waals surface area (Å²) < 4.78 is 0. The van der Waals surface area contributed by atoms with E-state index in [9.17, 15) is 5.11 Å². The van der Waals surface area contributed by atoms with Crippen LogP contribution in [0.3, 0.4) is 0 Å². The second-order valence-corrected chi connectivity index (χ2v) is 5.94. The molecule has 19 heavy (non-hydrogen) atoms. The second kappa shape index (κ2) is 6.30. The Kier molecular flexibility index (Phi) is 5.26. The third kappa shape index (κ3) is 4.14. The lowest BCUT2D eigenvalue weighted by molar-refractivity contribution is 0.0876. The van der Waals surface area contributed by atoms with Crippen molar-refractivity contribution in [2.45, 2.75) is 31.3 Å². The average Bonchev–Trinajstić information content (AvgIpc) is 2.33. The third-order valence-corrected chi connectivity index (χ3v) is 3.57. The molecule has 0 atom stereocenters. The smallest absolute Gasteiger partial charge is 0.126 e. The fourth-order valence-electron chi connectivity index (χ4n) is 2.06. The highest BCUT2D eigenvalue weighted by molar-refractivity contribution is 7.98.